The van der Waals surface area contributed by atoms with Crippen molar-refractivity contribution < 1.29 is 9.63 Å². The molecule has 8 nitrogen and oxygen atoms in total. The number of anilines is 1. The Morgan fingerprint density at radius 2 is 1.84 bits per heavy atom. The molecule has 0 bridgehead atoms. The predicted molar refractivity (Wildman–Crippen MR) is 124 cm³/mol. The molecule has 2 fully saturated rings. The smallest absolute Gasteiger partial charge is 0.225 e. The highest BCUT2D eigenvalue weighted by Gasteiger charge is 2.32. The molecule has 2 aliphatic rings. The van der Waals surface area contributed by atoms with Gasteiger partial charge in [-0.15, -0.1) is 0 Å². The zero-order chi connectivity index (χ0) is 22.3. The molecule has 0 unspecified atom stereocenters. The van der Waals surface area contributed by atoms with Crippen LogP contribution in [0.3, 0.4) is 0 Å². The van der Waals surface area contributed by atoms with Crippen molar-refractivity contribution in [3.63, 3.8) is 0 Å². The Morgan fingerprint density at radius 1 is 1.09 bits per heavy atom. The van der Waals surface area contributed by atoms with E-state index >= 15 is 0 Å². The van der Waals surface area contributed by atoms with Crippen LogP contribution in [0.25, 0.3) is 0 Å². The molecule has 0 atom stereocenters. The van der Waals surface area contributed by atoms with Gasteiger partial charge in [-0.3, -0.25) is 19.7 Å². The van der Waals surface area contributed by atoms with Crippen molar-refractivity contribution in [2.75, 3.05) is 39.0 Å². The molecule has 8 heteroatoms. The summed E-state index contributed by atoms with van der Waals surface area (Å²) in [5.74, 6) is 0.664. The molecule has 4 rings (SSSR count). The van der Waals surface area contributed by atoms with Crippen molar-refractivity contribution in [3.8, 4) is 0 Å². The fourth-order valence-corrected chi connectivity index (χ4v) is 4.73. The molecule has 2 N–H and O–H groups in total. The van der Waals surface area contributed by atoms with Gasteiger partial charge in [0.25, 0.3) is 0 Å². The van der Waals surface area contributed by atoms with Crippen molar-refractivity contribution >= 4 is 17.3 Å². The van der Waals surface area contributed by atoms with Crippen molar-refractivity contribution in [3.05, 3.63) is 54.1 Å². The number of amides is 1. The van der Waals surface area contributed by atoms with Gasteiger partial charge in [-0.2, -0.15) is 0 Å². The minimum absolute atomic E-state index is 0.112. The normalized spacial score (nSPS) is 19.2. The van der Waals surface area contributed by atoms with E-state index in [-0.39, 0.29) is 11.8 Å². The first-order valence-corrected chi connectivity index (χ1v) is 11.4. The molecule has 0 aliphatic carbocycles. The van der Waals surface area contributed by atoms with E-state index in [1.54, 1.807) is 25.7 Å². The Hall–Kier alpha value is -3.00. The molecule has 32 heavy (non-hydrogen) atoms. The van der Waals surface area contributed by atoms with Crippen LogP contribution >= 0.6 is 0 Å². The molecule has 170 valence electrons. The molecule has 0 radical (unpaired) electrons. The fourth-order valence-electron chi connectivity index (χ4n) is 4.73. The monoisotopic (exact) mass is 436 g/mol. The molecule has 0 aromatic carbocycles. The maximum absolute atomic E-state index is 13.2. The molecular formula is C24H32N6O2. The summed E-state index contributed by atoms with van der Waals surface area (Å²) in [6.07, 6.45) is 8.81. The molecule has 2 aromatic heterocycles. The van der Waals surface area contributed by atoms with Gasteiger partial charge in [0.2, 0.25) is 5.91 Å². The van der Waals surface area contributed by atoms with E-state index in [4.69, 9.17) is 10.6 Å². The van der Waals surface area contributed by atoms with Crippen LogP contribution in [0, 0.1) is 11.8 Å². The van der Waals surface area contributed by atoms with Crippen LogP contribution < -0.4 is 5.73 Å². The van der Waals surface area contributed by atoms with Crippen LogP contribution in [-0.2, 0) is 16.2 Å². The van der Waals surface area contributed by atoms with E-state index in [9.17, 15) is 4.79 Å². The summed E-state index contributed by atoms with van der Waals surface area (Å²) in [5, 5.41) is 4.26. The number of nitrogen functional groups attached to an aromatic ring is 1. The summed E-state index contributed by atoms with van der Waals surface area (Å²) in [4.78, 5) is 31.2. The van der Waals surface area contributed by atoms with Crippen LogP contribution in [0.1, 0.15) is 36.9 Å². The molecular weight excluding hydrogens is 404 g/mol. The summed E-state index contributed by atoms with van der Waals surface area (Å²) in [6.45, 7) is 4.16. The molecule has 1 amide bonds. The molecule has 0 saturated carbocycles. The maximum atomic E-state index is 13.2. The number of nitrogens with two attached hydrogens (primary N) is 1. The second-order valence-electron chi connectivity index (χ2n) is 8.60. The fraction of sp³-hybridized carbons (Fsp3) is 0.500. The second kappa shape index (κ2) is 10.5. The number of carbonyl (C=O) groups is 1. The van der Waals surface area contributed by atoms with Crippen molar-refractivity contribution in [1.82, 2.24) is 19.8 Å². The number of pyridine rings is 2. The molecule has 0 spiro atoms. The van der Waals surface area contributed by atoms with Gasteiger partial charge < -0.3 is 15.5 Å². The zero-order valence-electron chi connectivity index (χ0n) is 18.7. The van der Waals surface area contributed by atoms with E-state index in [1.807, 2.05) is 29.2 Å². The number of piperidine rings is 2. The SMILES string of the molecule is CON=C(c1ccccn1)C1CCN(C(=O)C2CCN(Cc3ccncc3N)CC2)CC1. The topological polar surface area (TPSA) is 96.9 Å². The number of hydrogen-bond acceptors (Lipinski definition) is 7. The average Bonchev–Trinajstić information content (AvgIpc) is 2.85. The summed E-state index contributed by atoms with van der Waals surface area (Å²) in [5.41, 5.74) is 9.59. The summed E-state index contributed by atoms with van der Waals surface area (Å²) >= 11 is 0. The number of carbonyl (C=O) groups excluding carboxylic acids is 1. The van der Waals surface area contributed by atoms with E-state index in [0.717, 1.165) is 81.1 Å². The highest BCUT2D eigenvalue weighted by Crippen LogP contribution is 2.27. The first kappa shape index (κ1) is 22.2. The number of rotatable bonds is 6. The van der Waals surface area contributed by atoms with E-state index in [0.29, 0.717) is 5.91 Å². The highest BCUT2D eigenvalue weighted by molar-refractivity contribution is 6.00. The van der Waals surface area contributed by atoms with Crippen LogP contribution in [0.4, 0.5) is 5.69 Å². The van der Waals surface area contributed by atoms with Crippen LogP contribution in [-0.4, -0.2) is 64.7 Å². The number of hydrogen-bond donors (Lipinski definition) is 1. The summed E-state index contributed by atoms with van der Waals surface area (Å²) < 4.78 is 0. The number of aromatic nitrogens is 2. The quantitative estimate of drug-likeness (QED) is 0.552. The zero-order valence-corrected chi connectivity index (χ0v) is 18.7. The Bertz CT molecular complexity index is 919. The minimum Gasteiger partial charge on any atom is -0.399 e. The lowest BCUT2D eigenvalue weighted by molar-refractivity contribution is -0.138. The Kier molecular flexibility index (Phi) is 7.32. The van der Waals surface area contributed by atoms with Gasteiger partial charge in [0.15, 0.2) is 0 Å². The molecule has 2 saturated heterocycles. The lowest BCUT2D eigenvalue weighted by atomic mass is 9.88. The Labute approximate surface area is 189 Å². The van der Waals surface area contributed by atoms with Crippen LogP contribution in [0.5, 0.6) is 0 Å². The molecule has 2 aromatic rings. The highest BCUT2D eigenvalue weighted by atomic mass is 16.6. The molecule has 4 heterocycles. The Balaban J connectivity index is 1.28. The lowest BCUT2D eigenvalue weighted by Gasteiger charge is -2.37. The third-order valence-electron chi connectivity index (χ3n) is 6.59. The number of likely N-dealkylation sites (tertiary alicyclic amines) is 2. The number of oxime groups is 1. The van der Waals surface area contributed by atoms with Crippen LogP contribution in [0.2, 0.25) is 0 Å². The maximum Gasteiger partial charge on any atom is 0.225 e. The first-order valence-electron chi connectivity index (χ1n) is 11.4. The van der Waals surface area contributed by atoms with E-state index in [1.165, 1.54) is 0 Å². The van der Waals surface area contributed by atoms with Gasteiger partial charge in [-0.1, -0.05) is 11.2 Å². The van der Waals surface area contributed by atoms with Gasteiger partial charge >= 0.3 is 0 Å². The van der Waals surface area contributed by atoms with Gasteiger partial charge in [0, 0.05) is 43.9 Å². The third-order valence-corrected chi connectivity index (χ3v) is 6.59. The number of nitrogens with zero attached hydrogens (tertiary/aromatic N) is 5. The van der Waals surface area contributed by atoms with Gasteiger partial charge in [0.1, 0.15) is 12.8 Å². The van der Waals surface area contributed by atoms with Crippen molar-refractivity contribution in [2.24, 2.45) is 17.0 Å². The van der Waals surface area contributed by atoms with Gasteiger partial charge in [-0.05, 0) is 62.5 Å². The predicted octanol–water partition coefficient (Wildman–Crippen LogP) is 2.56. The Morgan fingerprint density at radius 3 is 2.50 bits per heavy atom. The second-order valence-corrected chi connectivity index (χ2v) is 8.60. The van der Waals surface area contributed by atoms with Crippen molar-refractivity contribution in [2.45, 2.75) is 32.2 Å². The standard InChI is InChI=1S/C24H32N6O2/c1-32-28-23(22-4-2-3-10-27-22)18-8-14-30(15-9-18)24(31)19-6-12-29(13-7-19)17-20-5-11-26-16-21(20)25/h2-5,10-11,16,18-19H,6-9,12-15,17,25H2,1H3. The van der Waals surface area contributed by atoms with Crippen LogP contribution in [0.15, 0.2) is 48.0 Å². The molecule has 2 aliphatic heterocycles. The first-order chi connectivity index (χ1) is 15.7. The van der Waals surface area contributed by atoms with E-state index in [2.05, 4.69) is 20.0 Å². The van der Waals surface area contributed by atoms with Gasteiger partial charge in [-0.25, -0.2) is 0 Å². The lowest BCUT2D eigenvalue weighted by Crippen LogP contribution is -2.46. The largest absolute Gasteiger partial charge is 0.399 e. The van der Waals surface area contributed by atoms with E-state index < -0.39 is 0 Å². The minimum atomic E-state index is 0.112. The average molecular weight is 437 g/mol. The summed E-state index contributed by atoms with van der Waals surface area (Å²) in [6, 6.07) is 7.79. The third kappa shape index (κ3) is 5.24. The van der Waals surface area contributed by atoms with Gasteiger partial charge in [0.05, 0.1) is 17.6 Å². The van der Waals surface area contributed by atoms with Crippen molar-refractivity contribution in [1.29, 1.82) is 0 Å². The summed E-state index contributed by atoms with van der Waals surface area (Å²) in [7, 11) is 1.57.